The van der Waals surface area contributed by atoms with Crippen molar-refractivity contribution in [2.45, 2.75) is 19.5 Å². The van der Waals surface area contributed by atoms with E-state index < -0.39 is 12.3 Å². The number of hydrogen-bond acceptors (Lipinski definition) is 5. The summed E-state index contributed by atoms with van der Waals surface area (Å²) in [5, 5.41) is 11.5. The number of ether oxygens (including phenoxy) is 1. The van der Waals surface area contributed by atoms with Gasteiger partial charge in [0.2, 0.25) is 5.91 Å². The molecule has 10 heteroatoms. The lowest BCUT2D eigenvalue weighted by Gasteiger charge is -2.20. The Kier molecular flexibility index (Phi) is 5.52. The largest absolute Gasteiger partial charge is 0.573 e. The van der Waals surface area contributed by atoms with Gasteiger partial charge in [0.15, 0.2) is 0 Å². The molecule has 7 nitrogen and oxygen atoms in total. The lowest BCUT2D eigenvalue weighted by Crippen LogP contribution is -2.29. The molecule has 148 valence electrons. The van der Waals surface area contributed by atoms with E-state index in [1.165, 1.54) is 30.3 Å². The first-order valence-corrected chi connectivity index (χ1v) is 8.18. The summed E-state index contributed by atoms with van der Waals surface area (Å²) >= 11 is 0. The van der Waals surface area contributed by atoms with E-state index in [1.807, 2.05) is 0 Å². The van der Waals surface area contributed by atoms with Crippen LogP contribution in [0.1, 0.15) is 21.5 Å². The highest BCUT2D eigenvalue weighted by molar-refractivity contribution is 5.97. The van der Waals surface area contributed by atoms with Crippen LogP contribution < -0.4 is 15.5 Å². The van der Waals surface area contributed by atoms with E-state index in [4.69, 9.17) is 5.21 Å². The van der Waals surface area contributed by atoms with Crippen LogP contribution in [0.2, 0.25) is 0 Å². The van der Waals surface area contributed by atoms with Gasteiger partial charge in [0.05, 0.1) is 6.54 Å². The molecular weight excluding hydrogens is 379 g/mol. The number of benzene rings is 2. The smallest absolute Gasteiger partial charge is 0.406 e. The zero-order chi connectivity index (χ0) is 20.3. The molecule has 0 spiro atoms. The minimum absolute atomic E-state index is 0.0144. The maximum atomic E-state index is 12.4. The van der Waals surface area contributed by atoms with Gasteiger partial charge in [-0.15, -0.1) is 13.2 Å². The predicted molar refractivity (Wildman–Crippen MR) is 91.6 cm³/mol. The summed E-state index contributed by atoms with van der Waals surface area (Å²) in [7, 11) is 0. The number of carbonyl (C=O) groups excluding carboxylic acids is 2. The fraction of sp³-hybridized carbons (Fsp3) is 0.222. The van der Waals surface area contributed by atoms with Crippen molar-refractivity contribution in [1.82, 2.24) is 10.4 Å². The van der Waals surface area contributed by atoms with Gasteiger partial charge in [-0.3, -0.25) is 19.7 Å². The van der Waals surface area contributed by atoms with Crippen LogP contribution >= 0.6 is 0 Å². The molecule has 0 saturated carbocycles. The summed E-state index contributed by atoms with van der Waals surface area (Å²) in [4.78, 5) is 25.5. The third-order valence-corrected chi connectivity index (χ3v) is 4.04. The van der Waals surface area contributed by atoms with Crippen molar-refractivity contribution in [1.29, 1.82) is 0 Å². The third kappa shape index (κ3) is 4.99. The summed E-state index contributed by atoms with van der Waals surface area (Å²) in [6, 6.07) is 10.1. The molecular formula is C18H16F3N3O4. The molecule has 1 aliphatic rings. The first kappa shape index (κ1) is 19.6. The van der Waals surface area contributed by atoms with E-state index in [0.717, 1.165) is 0 Å². The van der Waals surface area contributed by atoms with Gasteiger partial charge in [-0.05, 0) is 41.5 Å². The number of anilines is 1. The van der Waals surface area contributed by atoms with E-state index in [-0.39, 0.29) is 36.9 Å². The van der Waals surface area contributed by atoms with Crippen molar-refractivity contribution in [2.24, 2.45) is 0 Å². The monoisotopic (exact) mass is 395 g/mol. The minimum atomic E-state index is -4.79. The number of nitrogens with one attached hydrogen (secondary N) is 2. The van der Waals surface area contributed by atoms with Crippen molar-refractivity contribution >= 4 is 17.5 Å². The molecule has 0 saturated heterocycles. The Balaban J connectivity index is 1.81. The summed E-state index contributed by atoms with van der Waals surface area (Å²) < 4.78 is 41.1. The molecule has 3 rings (SSSR count). The van der Waals surface area contributed by atoms with Gasteiger partial charge in [-0.2, -0.15) is 0 Å². The van der Waals surface area contributed by atoms with Crippen LogP contribution in [0.25, 0.3) is 0 Å². The average molecular weight is 395 g/mol. The summed E-state index contributed by atoms with van der Waals surface area (Å²) in [6.07, 6.45) is -4.79. The number of alkyl halides is 3. The highest BCUT2D eigenvalue weighted by atomic mass is 19.4. The van der Waals surface area contributed by atoms with E-state index in [1.54, 1.807) is 22.5 Å². The number of fused-ring (bicyclic) bond motifs is 1. The summed E-state index contributed by atoms with van der Waals surface area (Å²) in [6.45, 7) is 0.476. The Morgan fingerprint density at radius 2 is 2.00 bits per heavy atom. The van der Waals surface area contributed by atoms with Crippen LogP contribution in [0, 0.1) is 0 Å². The molecule has 1 heterocycles. The number of amides is 2. The number of hydroxylamine groups is 1. The number of rotatable bonds is 4. The average Bonchev–Trinajstić information content (AvgIpc) is 2.76. The van der Waals surface area contributed by atoms with Crippen LogP contribution in [-0.4, -0.2) is 34.8 Å². The third-order valence-electron chi connectivity index (χ3n) is 4.04. The lowest BCUT2D eigenvalue weighted by molar-refractivity contribution is -0.274. The number of halogens is 3. The van der Waals surface area contributed by atoms with Crippen LogP contribution in [0.5, 0.6) is 5.75 Å². The molecule has 1 aliphatic heterocycles. The second-order valence-electron chi connectivity index (χ2n) is 6.20. The Bertz CT molecular complexity index is 902. The van der Waals surface area contributed by atoms with Crippen LogP contribution in [0.4, 0.5) is 18.9 Å². The first-order chi connectivity index (χ1) is 13.2. The molecule has 28 heavy (non-hydrogen) atoms. The molecule has 0 bridgehead atoms. The van der Waals surface area contributed by atoms with Crippen molar-refractivity contribution in [3.63, 3.8) is 0 Å². The van der Waals surface area contributed by atoms with E-state index >= 15 is 0 Å². The highest BCUT2D eigenvalue weighted by Gasteiger charge is 2.31. The molecule has 0 fully saturated rings. The minimum Gasteiger partial charge on any atom is -0.406 e. The topological polar surface area (TPSA) is 90.9 Å². The van der Waals surface area contributed by atoms with Gasteiger partial charge >= 0.3 is 6.36 Å². The molecule has 0 radical (unpaired) electrons. The van der Waals surface area contributed by atoms with Gasteiger partial charge in [0, 0.05) is 24.3 Å². The van der Waals surface area contributed by atoms with E-state index in [0.29, 0.717) is 16.8 Å². The second-order valence-corrected chi connectivity index (χ2v) is 6.20. The summed E-state index contributed by atoms with van der Waals surface area (Å²) in [5.41, 5.74) is 3.44. The number of nitrogens with zero attached hydrogens (tertiary/aromatic N) is 1. The summed E-state index contributed by atoms with van der Waals surface area (Å²) in [5.74, 6) is -1.32. The Morgan fingerprint density at radius 3 is 2.71 bits per heavy atom. The maximum absolute atomic E-state index is 12.4. The molecule has 3 N–H and O–H groups in total. The fourth-order valence-electron chi connectivity index (χ4n) is 2.95. The predicted octanol–water partition coefficient (Wildman–Crippen LogP) is 2.66. The van der Waals surface area contributed by atoms with Crippen LogP contribution in [0.3, 0.4) is 0 Å². The molecule has 0 aromatic heterocycles. The standard InChI is InChI=1S/C18H16F3N3O4/c19-18(20,21)28-14-3-1-2-11(6-14)8-24-9-13-7-12(17(26)23-27)4-5-15(13)22-16(25)10-24/h1-7,27H,8-10H2,(H,22,25)(H,23,26). The van der Waals surface area contributed by atoms with Crippen molar-refractivity contribution < 1.29 is 32.7 Å². The van der Waals surface area contributed by atoms with Gasteiger partial charge in [-0.25, -0.2) is 5.48 Å². The highest BCUT2D eigenvalue weighted by Crippen LogP contribution is 2.26. The van der Waals surface area contributed by atoms with Gasteiger partial charge in [-0.1, -0.05) is 12.1 Å². The molecule has 0 atom stereocenters. The van der Waals surface area contributed by atoms with Crippen molar-refractivity contribution in [3.8, 4) is 5.75 Å². The normalized spacial score (nSPS) is 14.6. The number of carbonyl (C=O) groups is 2. The molecule has 2 aromatic carbocycles. The van der Waals surface area contributed by atoms with Gasteiger partial charge < -0.3 is 10.1 Å². The van der Waals surface area contributed by atoms with E-state index in [2.05, 4.69) is 10.1 Å². The quantitative estimate of drug-likeness (QED) is 0.547. The molecule has 0 aliphatic carbocycles. The Hall–Kier alpha value is -3.11. The lowest BCUT2D eigenvalue weighted by atomic mass is 10.1. The van der Waals surface area contributed by atoms with Crippen LogP contribution in [-0.2, 0) is 17.9 Å². The van der Waals surface area contributed by atoms with E-state index in [9.17, 15) is 22.8 Å². The zero-order valence-corrected chi connectivity index (χ0v) is 14.4. The van der Waals surface area contributed by atoms with Crippen molar-refractivity contribution in [3.05, 3.63) is 59.2 Å². The molecule has 2 aromatic rings. The molecule has 2 amide bonds. The Morgan fingerprint density at radius 1 is 1.21 bits per heavy atom. The fourth-order valence-corrected chi connectivity index (χ4v) is 2.95. The SMILES string of the molecule is O=C1CN(Cc2cccc(OC(F)(F)F)c2)Cc2cc(C(=O)NO)ccc2N1. The zero-order valence-electron chi connectivity index (χ0n) is 14.4. The van der Waals surface area contributed by atoms with Crippen molar-refractivity contribution in [2.75, 3.05) is 11.9 Å². The Labute approximate surface area is 157 Å². The second kappa shape index (κ2) is 7.87. The first-order valence-electron chi connectivity index (χ1n) is 8.18. The van der Waals surface area contributed by atoms with Gasteiger partial charge in [0.25, 0.3) is 5.91 Å². The molecule has 0 unspecified atom stereocenters. The number of hydrogen-bond donors (Lipinski definition) is 3. The maximum Gasteiger partial charge on any atom is 0.573 e. The van der Waals surface area contributed by atoms with Crippen LogP contribution in [0.15, 0.2) is 42.5 Å². The van der Waals surface area contributed by atoms with Gasteiger partial charge in [0.1, 0.15) is 5.75 Å².